The Bertz CT molecular complexity index is 464. The van der Waals surface area contributed by atoms with Crippen molar-refractivity contribution in [2.45, 2.75) is 0 Å². The number of rotatable bonds is 7. The van der Waals surface area contributed by atoms with Crippen molar-refractivity contribution < 1.29 is 52.6 Å². The summed E-state index contributed by atoms with van der Waals surface area (Å²) >= 11 is 0. The van der Waals surface area contributed by atoms with E-state index in [1.54, 1.807) is 0 Å². The standard InChI is InChI=1S/C6H18N2O11P4/c9-20(10,11)3-7(4-21(12,13)14)1-2-8-5-22(15,16)19-23(17,18)6-8/h1-6H2,(H,15,16)(H,17,18)(H2,9,10,11)(H2,12,13,14). The van der Waals surface area contributed by atoms with E-state index >= 15 is 0 Å². The lowest BCUT2D eigenvalue weighted by atomic mass is 10.5. The van der Waals surface area contributed by atoms with Crippen molar-refractivity contribution in [2.24, 2.45) is 0 Å². The minimum atomic E-state index is -4.60. The van der Waals surface area contributed by atoms with Gasteiger partial charge in [0.1, 0.15) is 12.6 Å². The maximum absolute atomic E-state index is 11.5. The van der Waals surface area contributed by atoms with E-state index in [0.717, 1.165) is 9.80 Å². The molecule has 1 aliphatic heterocycles. The predicted molar refractivity (Wildman–Crippen MR) is 76.3 cm³/mol. The van der Waals surface area contributed by atoms with Gasteiger partial charge in [0, 0.05) is 13.1 Å². The normalized spacial score (nSPS) is 30.8. The minimum Gasteiger partial charge on any atom is -0.631 e. The molecule has 1 heterocycles. The van der Waals surface area contributed by atoms with Crippen LogP contribution in [0.3, 0.4) is 0 Å². The third-order valence-electron chi connectivity index (χ3n) is 2.51. The maximum Gasteiger partial charge on any atom is 0.349 e. The van der Waals surface area contributed by atoms with Crippen molar-refractivity contribution in [1.29, 1.82) is 0 Å². The van der Waals surface area contributed by atoms with Crippen LogP contribution in [0.1, 0.15) is 0 Å². The molecule has 0 radical (unpaired) electrons. The van der Waals surface area contributed by atoms with Gasteiger partial charge in [-0.05, 0) is 0 Å². The zero-order chi connectivity index (χ0) is 18.1. The average Bonchev–Trinajstić information content (AvgIpc) is 2.16. The third kappa shape index (κ3) is 9.81. The Kier molecular flexibility index (Phi) is 7.28. The average molecular weight is 418 g/mol. The lowest BCUT2D eigenvalue weighted by Crippen LogP contribution is -2.41. The molecule has 0 aliphatic carbocycles. The van der Waals surface area contributed by atoms with Gasteiger partial charge in [-0.2, -0.15) is 0 Å². The summed E-state index contributed by atoms with van der Waals surface area (Å²) in [5, 5.41) is 0. The van der Waals surface area contributed by atoms with Crippen molar-refractivity contribution in [2.75, 3.05) is 38.2 Å². The van der Waals surface area contributed by atoms with E-state index in [4.69, 9.17) is 19.6 Å². The first-order valence-corrected chi connectivity index (χ1v) is 13.1. The number of hydrogen-bond donors (Lipinski definition) is 6. The fraction of sp³-hybridized carbons (Fsp3) is 1.00. The molecular weight excluding hydrogens is 400 g/mol. The van der Waals surface area contributed by atoms with Crippen LogP contribution in [0, 0.1) is 0 Å². The Morgan fingerprint density at radius 2 is 1.39 bits per heavy atom. The van der Waals surface area contributed by atoms with E-state index in [1.165, 1.54) is 0 Å². The van der Waals surface area contributed by atoms with E-state index in [9.17, 15) is 28.7 Å². The van der Waals surface area contributed by atoms with Crippen molar-refractivity contribution in [1.82, 2.24) is 9.80 Å². The van der Waals surface area contributed by atoms with Crippen LogP contribution in [0.4, 0.5) is 0 Å². The first kappa shape index (κ1) is 21.9. The van der Waals surface area contributed by atoms with Crippen LogP contribution in [0.5, 0.6) is 0 Å². The summed E-state index contributed by atoms with van der Waals surface area (Å²) in [5.41, 5.74) is 0. The van der Waals surface area contributed by atoms with Gasteiger partial charge in [0.05, 0.1) is 0 Å². The molecule has 1 rings (SSSR count). The molecule has 1 saturated heterocycles. The summed E-state index contributed by atoms with van der Waals surface area (Å²) in [5.74, 6) is 0. The zero-order valence-electron chi connectivity index (χ0n) is 11.7. The van der Waals surface area contributed by atoms with Gasteiger partial charge in [-0.1, -0.05) is 0 Å². The molecule has 13 nitrogen and oxygen atoms in total. The molecular formula is C6H18N2O11P4. The van der Waals surface area contributed by atoms with Crippen LogP contribution < -0.4 is 9.79 Å². The molecule has 23 heavy (non-hydrogen) atoms. The largest absolute Gasteiger partial charge is 0.631 e. The molecule has 0 aromatic rings. The summed E-state index contributed by atoms with van der Waals surface area (Å²) in [4.78, 5) is 78.0. The molecule has 0 spiro atoms. The molecule has 0 aromatic heterocycles. The molecule has 6 N–H and O–H groups in total. The molecule has 0 saturated carbocycles. The molecule has 138 valence electrons. The first-order chi connectivity index (χ1) is 10.1. The second kappa shape index (κ2) is 7.63. The number of hydrogen-bond acceptors (Lipinski definition) is 11. The van der Waals surface area contributed by atoms with Crippen LogP contribution in [0.15, 0.2) is 0 Å². The summed E-state index contributed by atoms with van der Waals surface area (Å²) in [7, 11) is -17.8. The van der Waals surface area contributed by atoms with E-state index in [1.807, 2.05) is 0 Å². The summed E-state index contributed by atoms with van der Waals surface area (Å²) in [6.07, 6.45) is -3.04. The highest BCUT2D eigenvalue weighted by Crippen LogP contribution is 2.63. The van der Waals surface area contributed by atoms with Crippen molar-refractivity contribution in [3.8, 4) is 0 Å². The monoisotopic (exact) mass is 418 g/mol. The molecule has 1 fully saturated rings. The van der Waals surface area contributed by atoms with Crippen LogP contribution in [0.2, 0.25) is 0 Å². The number of nitrogens with zero attached hydrogens (tertiary/aromatic N) is 2. The van der Waals surface area contributed by atoms with Gasteiger partial charge >= 0.3 is 15.2 Å². The molecule has 2 unspecified atom stereocenters. The fourth-order valence-corrected chi connectivity index (χ4v) is 7.27. The van der Waals surface area contributed by atoms with Crippen LogP contribution in [0.25, 0.3) is 0 Å². The van der Waals surface area contributed by atoms with Crippen LogP contribution in [-0.4, -0.2) is 77.4 Å². The predicted octanol–water partition coefficient (Wildman–Crippen LogP) is -2.96. The highest BCUT2D eigenvalue weighted by atomic mass is 31.3. The van der Waals surface area contributed by atoms with Gasteiger partial charge in [0.15, 0.2) is 12.6 Å². The topological polar surface area (TPSA) is 217 Å². The Balaban J connectivity index is 2.70. The Morgan fingerprint density at radius 1 is 1.00 bits per heavy atom. The summed E-state index contributed by atoms with van der Waals surface area (Å²) in [6.45, 7) is -0.533. The second-order valence-electron chi connectivity index (χ2n) is 5.04. The van der Waals surface area contributed by atoms with Crippen LogP contribution in [-0.2, 0) is 13.4 Å². The Hall–Kier alpha value is 0.880. The highest BCUT2D eigenvalue weighted by Gasteiger charge is 2.41. The third-order valence-corrected chi connectivity index (χ3v) is 7.61. The van der Waals surface area contributed by atoms with Crippen molar-refractivity contribution in [3.05, 3.63) is 0 Å². The van der Waals surface area contributed by atoms with E-state index in [0.29, 0.717) is 0 Å². The van der Waals surface area contributed by atoms with Crippen LogP contribution >= 0.6 is 31.1 Å². The molecule has 17 heteroatoms. The van der Waals surface area contributed by atoms with Gasteiger partial charge in [0.25, 0.3) is 0 Å². The molecule has 0 aromatic carbocycles. The molecule has 1 aliphatic rings. The maximum atomic E-state index is 11.5. The highest BCUT2D eigenvalue weighted by molar-refractivity contribution is 7.66. The molecule has 0 bridgehead atoms. The summed E-state index contributed by atoms with van der Waals surface area (Å²) < 4.78 is 27.1. The second-order valence-corrected chi connectivity index (χ2v) is 12.0. The minimum absolute atomic E-state index is 0.224. The molecule has 2 atom stereocenters. The van der Waals surface area contributed by atoms with Gasteiger partial charge in [-0.15, -0.1) is 0 Å². The Labute approximate surface area is 132 Å². The van der Waals surface area contributed by atoms with Gasteiger partial charge in [-0.25, -0.2) is 28.8 Å². The van der Waals surface area contributed by atoms with Gasteiger partial charge in [-0.3, -0.25) is 14.0 Å². The summed E-state index contributed by atoms with van der Waals surface area (Å²) in [6, 6.07) is 0. The van der Waals surface area contributed by atoms with Crippen molar-refractivity contribution in [3.63, 3.8) is 0 Å². The molecule has 0 amide bonds. The lowest BCUT2D eigenvalue weighted by Gasteiger charge is -2.34. The fourth-order valence-electron chi connectivity index (χ4n) is 1.93. The smallest absolute Gasteiger partial charge is 0.349 e. The van der Waals surface area contributed by atoms with Crippen molar-refractivity contribution >= 4 is 31.1 Å². The van der Waals surface area contributed by atoms with E-state index in [2.05, 4.69) is 4.31 Å². The van der Waals surface area contributed by atoms with Gasteiger partial charge in [0.2, 0.25) is 15.9 Å². The lowest BCUT2D eigenvalue weighted by molar-refractivity contribution is -0.213. The SMILES string of the molecule is O=P1(O)CN(CCN(C[P+]([O-])(O)O)C[P+]([O-])(O)O)CP(=O)(O)O1. The quantitative estimate of drug-likeness (QED) is 0.228. The zero-order valence-corrected chi connectivity index (χ0v) is 15.2. The Morgan fingerprint density at radius 3 is 1.74 bits per heavy atom. The van der Waals surface area contributed by atoms with E-state index < -0.39 is 56.2 Å². The first-order valence-electron chi connectivity index (χ1n) is 5.96. The van der Waals surface area contributed by atoms with E-state index in [-0.39, 0.29) is 13.1 Å². The van der Waals surface area contributed by atoms with Gasteiger partial charge < -0.3 is 19.6 Å².